The van der Waals surface area contributed by atoms with Gasteiger partial charge in [-0.2, -0.15) is 0 Å². The third-order valence-electron chi connectivity index (χ3n) is 5.27. The summed E-state index contributed by atoms with van der Waals surface area (Å²) in [4.78, 5) is 23.2. The number of amides is 1. The van der Waals surface area contributed by atoms with E-state index in [4.69, 9.17) is 9.84 Å². The Bertz CT molecular complexity index is 1050. The van der Waals surface area contributed by atoms with Crippen molar-refractivity contribution < 1.29 is 23.8 Å². The minimum atomic E-state index is -1.38. The molecule has 6 heteroatoms. The first kappa shape index (κ1) is 24.0. The zero-order chi connectivity index (χ0) is 23.5. The molecule has 3 aromatic rings. The second-order valence-electron chi connectivity index (χ2n) is 7.84. The van der Waals surface area contributed by atoms with Crippen molar-refractivity contribution in [2.24, 2.45) is 0 Å². The largest absolute Gasteiger partial charge is 0.494 e. The highest BCUT2D eigenvalue weighted by atomic mass is 19.1. The SMILES string of the molecule is O=C(CCc1ccc(OCCCCCc2ccccc2)cc1)Nc1ccc(F)c(C(=O)O)c1. The van der Waals surface area contributed by atoms with Crippen molar-refractivity contribution in [3.8, 4) is 5.75 Å². The number of rotatable bonds is 12. The van der Waals surface area contributed by atoms with Crippen LogP contribution < -0.4 is 10.1 Å². The number of unbranched alkanes of at least 4 members (excludes halogenated alkanes) is 2. The Morgan fingerprint density at radius 1 is 0.848 bits per heavy atom. The first-order chi connectivity index (χ1) is 16.0. The molecule has 0 radical (unpaired) electrons. The van der Waals surface area contributed by atoms with Gasteiger partial charge < -0.3 is 15.2 Å². The number of benzene rings is 3. The maximum absolute atomic E-state index is 13.5. The third kappa shape index (κ3) is 8.07. The molecule has 0 saturated carbocycles. The molecule has 0 aliphatic rings. The molecule has 0 heterocycles. The number of ether oxygens (including phenoxy) is 1. The molecule has 0 aliphatic carbocycles. The fraction of sp³-hybridized carbons (Fsp3) is 0.259. The molecule has 172 valence electrons. The maximum Gasteiger partial charge on any atom is 0.338 e. The number of aryl methyl sites for hydroxylation is 2. The predicted molar refractivity (Wildman–Crippen MR) is 126 cm³/mol. The van der Waals surface area contributed by atoms with Gasteiger partial charge in [-0.15, -0.1) is 0 Å². The summed E-state index contributed by atoms with van der Waals surface area (Å²) in [5, 5.41) is 11.6. The highest BCUT2D eigenvalue weighted by Gasteiger charge is 2.12. The average Bonchev–Trinajstić information content (AvgIpc) is 2.82. The van der Waals surface area contributed by atoms with Gasteiger partial charge in [0.25, 0.3) is 0 Å². The van der Waals surface area contributed by atoms with Crippen molar-refractivity contribution in [1.29, 1.82) is 0 Å². The van der Waals surface area contributed by atoms with Crippen LogP contribution in [-0.2, 0) is 17.6 Å². The lowest BCUT2D eigenvalue weighted by molar-refractivity contribution is -0.116. The minimum absolute atomic E-state index is 0.224. The first-order valence-electron chi connectivity index (χ1n) is 11.1. The number of hydrogen-bond donors (Lipinski definition) is 2. The van der Waals surface area contributed by atoms with Crippen LogP contribution in [-0.4, -0.2) is 23.6 Å². The Balaban J connectivity index is 1.34. The summed E-state index contributed by atoms with van der Waals surface area (Å²) in [6.45, 7) is 0.673. The van der Waals surface area contributed by atoms with E-state index >= 15 is 0 Å². The number of carboxylic acid groups (broad SMARTS) is 1. The van der Waals surface area contributed by atoms with Crippen molar-refractivity contribution in [2.75, 3.05) is 11.9 Å². The Morgan fingerprint density at radius 3 is 2.30 bits per heavy atom. The van der Waals surface area contributed by atoms with Gasteiger partial charge in [0.05, 0.1) is 12.2 Å². The molecular formula is C27H28FNO4. The van der Waals surface area contributed by atoms with Crippen LogP contribution in [0, 0.1) is 5.82 Å². The molecule has 0 aromatic heterocycles. The van der Waals surface area contributed by atoms with Crippen molar-refractivity contribution in [2.45, 2.75) is 38.5 Å². The van der Waals surface area contributed by atoms with Gasteiger partial charge in [-0.1, -0.05) is 42.5 Å². The Morgan fingerprint density at radius 2 is 1.58 bits per heavy atom. The van der Waals surface area contributed by atoms with Crippen LogP contribution in [0.5, 0.6) is 5.75 Å². The van der Waals surface area contributed by atoms with E-state index in [-0.39, 0.29) is 18.0 Å². The normalized spacial score (nSPS) is 10.6. The fourth-order valence-corrected chi connectivity index (χ4v) is 3.44. The van der Waals surface area contributed by atoms with Crippen molar-refractivity contribution >= 4 is 17.6 Å². The smallest absolute Gasteiger partial charge is 0.338 e. The fourth-order valence-electron chi connectivity index (χ4n) is 3.44. The van der Waals surface area contributed by atoms with Crippen LogP contribution in [0.2, 0.25) is 0 Å². The lowest BCUT2D eigenvalue weighted by Gasteiger charge is -2.09. The number of carbonyl (C=O) groups is 2. The first-order valence-corrected chi connectivity index (χ1v) is 11.1. The van der Waals surface area contributed by atoms with Crippen LogP contribution in [0.15, 0.2) is 72.8 Å². The molecule has 1 amide bonds. The van der Waals surface area contributed by atoms with E-state index in [1.807, 2.05) is 30.3 Å². The van der Waals surface area contributed by atoms with Crippen molar-refractivity contribution in [3.63, 3.8) is 0 Å². The van der Waals surface area contributed by atoms with Gasteiger partial charge in [-0.25, -0.2) is 9.18 Å². The number of halogens is 1. The Labute approximate surface area is 193 Å². The average molecular weight is 450 g/mol. The molecule has 0 atom stereocenters. The lowest BCUT2D eigenvalue weighted by atomic mass is 10.1. The Hall–Kier alpha value is -3.67. The lowest BCUT2D eigenvalue weighted by Crippen LogP contribution is -2.13. The summed E-state index contributed by atoms with van der Waals surface area (Å²) in [7, 11) is 0. The monoisotopic (exact) mass is 449 g/mol. The van der Waals surface area contributed by atoms with Gasteiger partial charge in [0, 0.05) is 12.1 Å². The van der Waals surface area contributed by atoms with Crippen molar-refractivity contribution in [3.05, 3.63) is 95.3 Å². The quantitative estimate of drug-likeness (QED) is 0.338. The number of carboxylic acids is 1. The minimum Gasteiger partial charge on any atom is -0.494 e. The molecule has 0 saturated heterocycles. The van der Waals surface area contributed by atoms with E-state index in [9.17, 15) is 14.0 Å². The van der Waals surface area contributed by atoms with Crippen LogP contribution in [0.25, 0.3) is 0 Å². The van der Waals surface area contributed by atoms with Crippen LogP contribution >= 0.6 is 0 Å². The van der Waals surface area contributed by atoms with E-state index in [0.29, 0.717) is 13.0 Å². The van der Waals surface area contributed by atoms with Gasteiger partial charge in [-0.3, -0.25) is 4.79 Å². The van der Waals surface area contributed by atoms with Gasteiger partial charge in [-0.05, 0) is 73.6 Å². The van der Waals surface area contributed by atoms with Crippen LogP contribution in [0.1, 0.15) is 47.2 Å². The second kappa shape index (κ2) is 12.4. The molecule has 3 rings (SSSR count). The number of aromatic carboxylic acids is 1. The highest BCUT2D eigenvalue weighted by Crippen LogP contribution is 2.17. The molecule has 0 bridgehead atoms. The van der Waals surface area contributed by atoms with Crippen LogP contribution in [0.3, 0.4) is 0 Å². The molecule has 0 fully saturated rings. The molecule has 3 aromatic carbocycles. The summed E-state index contributed by atoms with van der Waals surface area (Å²) < 4.78 is 19.3. The number of nitrogens with one attached hydrogen (secondary N) is 1. The molecule has 2 N–H and O–H groups in total. The van der Waals surface area contributed by atoms with E-state index in [1.165, 1.54) is 11.6 Å². The zero-order valence-corrected chi connectivity index (χ0v) is 18.4. The number of anilines is 1. The molecular weight excluding hydrogens is 421 g/mol. The molecule has 5 nitrogen and oxygen atoms in total. The predicted octanol–water partition coefficient (Wildman–Crippen LogP) is 5.89. The van der Waals surface area contributed by atoms with E-state index in [0.717, 1.165) is 49.1 Å². The van der Waals surface area contributed by atoms with Gasteiger partial charge in [0.2, 0.25) is 5.91 Å². The van der Waals surface area contributed by atoms with Gasteiger partial charge in [0.1, 0.15) is 11.6 Å². The van der Waals surface area contributed by atoms with E-state index in [1.54, 1.807) is 0 Å². The van der Waals surface area contributed by atoms with E-state index < -0.39 is 17.3 Å². The van der Waals surface area contributed by atoms with E-state index in [2.05, 4.69) is 29.6 Å². The van der Waals surface area contributed by atoms with Crippen molar-refractivity contribution in [1.82, 2.24) is 0 Å². The zero-order valence-electron chi connectivity index (χ0n) is 18.4. The number of hydrogen-bond acceptors (Lipinski definition) is 3. The topological polar surface area (TPSA) is 75.6 Å². The van der Waals surface area contributed by atoms with Gasteiger partial charge in [0.15, 0.2) is 0 Å². The summed E-state index contributed by atoms with van der Waals surface area (Å²) in [6, 6.07) is 21.6. The molecule has 0 unspecified atom stereocenters. The number of carbonyl (C=O) groups excluding carboxylic acids is 1. The summed E-state index contributed by atoms with van der Waals surface area (Å²) in [6.07, 6.45) is 5.10. The third-order valence-corrected chi connectivity index (χ3v) is 5.27. The summed E-state index contributed by atoms with van der Waals surface area (Å²) in [5.74, 6) is -1.68. The van der Waals surface area contributed by atoms with Crippen LogP contribution in [0.4, 0.5) is 10.1 Å². The summed E-state index contributed by atoms with van der Waals surface area (Å²) >= 11 is 0. The van der Waals surface area contributed by atoms with Gasteiger partial charge >= 0.3 is 5.97 Å². The molecule has 0 aliphatic heterocycles. The molecule has 33 heavy (non-hydrogen) atoms. The Kier molecular flexibility index (Phi) is 9.00. The standard InChI is InChI=1S/C27H28FNO4/c28-25-16-13-22(19-24(25)27(31)32)29-26(30)17-12-21-10-14-23(15-11-21)33-18-6-2-5-9-20-7-3-1-4-8-20/h1,3-4,7-8,10-11,13-16,19H,2,5-6,9,12,17-18H2,(H,29,30)(H,31,32). The second-order valence-corrected chi connectivity index (χ2v) is 7.84. The summed E-state index contributed by atoms with van der Waals surface area (Å²) in [5.41, 5.74) is 2.14. The maximum atomic E-state index is 13.5. The highest BCUT2D eigenvalue weighted by molar-refractivity contribution is 5.94. The molecule has 0 spiro atoms.